The van der Waals surface area contributed by atoms with Gasteiger partial charge in [-0.15, -0.1) is 0 Å². The van der Waals surface area contributed by atoms with E-state index in [1.807, 2.05) is 43.3 Å². The Morgan fingerprint density at radius 2 is 1.92 bits per heavy atom. The van der Waals surface area contributed by atoms with E-state index >= 15 is 0 Å². The molecule has 0 aliphatic heterocycles. The SMILES string of the molecule is COc1ccc(C)cc1NC(=O)/C(C#N)=C\Nc1ccccc1C(C)C. The van der Waals surface area contributed by atoms with Crippen LogP contribution in [0.1, 0.15) is 30.9 Å². The van der Waals surface area contributed by atoms with Crippen molar-refractivity contribution in [2.24, 2.45) is 0 Å². The van der Waals surface area contributed by atoms with Crippen molar-refractivity contribution >= 4 is 17.3 Å². The molecule has 0 unspecified atom stereocenters. The van der Waals surface area contributed by atoms with Gasteiger partial charge in [-0.3, -0.25) is 4.79 Å². The third-order valence-corrected chi connectivity index (χ3v) is 3.92. The van der Waals surface area contributed by atoms with E-state index in [-0.39, 0.29) is 5.57 Å². The minimum absolute atomic E-state index is 0.0212. The normalized spacial score (nSPS) is 11.0. The van der Waals surface area contributed by atoms with Crippen molar-refractivity contribution < 1.29 is 9.53 Å². The number of hydrogen-bond donors (Lipinski definition) is 2. The molecule has 26 heavy (non-hydrogen) atoms. The summed E-state index contributed by atoms with van der Waals surface area (Å²) in [6.45, 7) is 6.10. The van der Waals surface area contributed by atoms with E-state index in [1.165, 1.54) is 13.3 Å². The van der Waals surface area contributed by atoms with Crippen LogP contribution in [0.15, 0.2) is 54.2 Å². The lowest BCUT2D eigenvalue weighted by atomic mass is 10.0. The molecule has 2 aromatic rings. The number of carbonyl (C=O) groups is 1. The van der Waals surface area contributed by atoms with Gasteiger partial charge < -0.3 is 15.4 Å². The average molecular weight is 349 g/mol. The molecular weight excluding hydrogens is 326 g/mol. The van der Waals surface area contributed by atoms with E-state index in [1.54, 1.807) is 12.1 Å². The van der Waals surface area contributed by atoms with Crippen molar-refractivity contribution in [2.75, 3.05) is 17.7 Å². The minimum Gasteiger partial charge on any atom is -0.495 e. The molecular formula is C21H23N3O2. The van der Waals surface area contributed by atoms with Gasteiger partial charge in [-0.05, 0) is 42.2 Å². The average Bonchev–Trinajstić information content (AvgIpc) is 2.62. The molecule has 5 heteroatoms. The molecule has 0 fully saturated rings. The quantitative estimate of drug-likeness (QED) is 0.591. The van der Waals surface area contributed by atoms with Crippen molar-refractivity contribution in [3.05, 3.63) is 65.4 Å². The molecule has 0 aliphatic carbocycles. The number of hydrogen-bond acceptors (Lipinski definition) is 4. The summed E-state index contributed by atoms with van der Waals surface area (Å²) in [5.74, 6) is 0.369. The second-order valence-corrected chi connectivity index (χ2v) is 6.21. The van der Waals surface area contributed by atoms with E-state index < -0.39 is 5.91 Å². The highest BCUT2D eigenvalue weighted by Gasteiger charge is 2.13. The topological polar surface area (TPSA) is 74.1 Å². The molecule has 0 radical (unpaired) electrons. The Morgan fingerprint density at radius 1 is 1.19 bits per heavy atom. The Hall–Kier alpha value is -3.26. The van der Waals surface area contributed by atoms with E-state index in [9.17, 15) is 10.1 Å². The number of anilines is 2. The highest BCUT2D eigenvalue weighted by Crippen LogP contribution is 2.26. The number of methoxy groups -OCH3 is 1. The lowest BCUT2D eigenvalue weighted by Gasteiger charge is -2.13. The van der Waals surface area contributed by atoms with Gasteiger partial charge in [0.05, 0.1) is 12.8 Å². The number of ether oxygens (including phenoxy) is 1. The number of rotatable bonds is 6. The highest BCUT2D eigenvalue weighted by molar-refractivity contribution is 6.07. The number of nitriles is 1. The standard InChI is InChI=1S/C21H23N3O2/c1-14(2)17-7-5-6-8-18(17)23-13-16(12-22)21(25)24-19-11-15(3)9-10-20(19)26-4/h5-11,13-14,23H,1-4H3,(H,24,25)/b16-13-. The molecule has 2 rings (SSSR count). The summed E-state index contributed by atoms with van der Waals surface area (Å²) in [5.41, 5.74) is 3.47. The lowest BCUT2D eigenvalue weighted by Crippen LogP contribution is -2.15. The highest BCUT2D eigenvalue weighted by atomic mass is 16.5. The molecule has 2 N–H and O–H groups in total. The van der Waals surface area contributed by atoms with Crippen LogP contribution >= 0.6 is 0 Å². The molecule has 0 bridgehead atoms. The van der Waals surface area contributed by atoms with Crippen molar-refractivity contribution in [3.63, 3.8) is 0 Å². The maximum absolute atomic E-state index is 12.5. The maximum Gasteiger partial charge on any atom is 0.267 e. The van der Waals surface area contributed by atoms with E-state index in [0.717, 1.165) is 16.8 Å². The first-order valence-corrected chi connectivity index (χ1v) is 8.38. The van der Waals surface area contributed by atoms with Crippen molar-refractivity contribution in [1.82, 2.24) is 0 Å². The molecule has 0 spiro atoms. The van der Waals surface area contributed by atoms with Crippen molar-refractivity contribution in [1.29, 1.82) is 5.26 Å². The van der Waals surface area contributed by atoms with Gasteiger partial charge >= 0.3 is 0 Å². The summed E-state index contributed by atoms with van der Waals surface area (Å²) >= 11 is 0. The molecule has 0 aliphatic rings. The van der Waals surface area contributed by atoms with E-state index in [4.69, 9.17) is 4.74 Å². The molecule has 0 aromatic heterocycles. The van der Waals surface area contributed by atoms with Crippen LogP contribution in [-0.4, -0.2) is 13.0 Å². The summed E-state index contributed by atoms with van der Waals surface area (Å²) in [4.78, 5) is 12.5. The van der Waals surface area contributed by atoms with Crippen LogP contribution in [0.3, 0.4) is 0 Å². The first-order chi connectivity index (χ1) is 12.5. The van der Waals surface area contributed by atoms with Gasteiger partial charge in [-0.25, -0.2) is 0 Å². The van der Waals surface area contributed by atoms with Crippen LogP contribution in [0.4, 0.5) is 11.4 Å². The summed E-state index contributed by atoms with van der Waals surface area (Å²) < 4.78 is 5.25. The Balaban J connectivity index is 2.21. The van der Waals surface area contributed by atoms with Crippen molar-refractivity contribution in [3.8, 4) is 11.8 Å². The number of nitrogens with zero attached hydrogens (tertiary/aromatic N) is 1. The monoisotopic (exact) mass is 349 g/mol. The fourth-order valence-corrected chi connectivity index (χ4v) is 2.54. The zero-order valence-electron chi connectivity index (χ0n) is 15.5. The third-order valence-electron chi connectivity index (χ3n) is 3.92. The molecule has 0 atom stereocenters. The molecule has 0 heterocycles. The van der Waals surface area contributed by atoms with E-state index in [0.29, 0.717) is 17.4 Å². The van der Waals surface area contributed by atoms with Gasteiger partial charge in [0.2, 0.25) is 0 Å². The predicted molar refractivity (Wildman–Crippen MR) is 104 cm³/mol. The first kappa shape index (κ1) is 19.1. The Morgan fingerprint density at radius 3 is 2.58 bits per heavy atom. The lowest BCUT2D eigenvalue weighted by molar-refractivity contribution is -0.112. The molecule has 1 amide bonds. The zero-order valence-corrected chi connectivity index (χ0v) is 15.5. The second-order valence-electron chi connectivity index (χ2n) is 6.21. The number of aryl methyl sites for hydroxylation is 1. The molecule has 0 saturated heterocycles. The van der Waals surface area contributed by atoms with Gasteiger partial charge in [0.25, 0.3) is 5.91 Å². The Labute approximate surface area is 154 Å². The number of benzene rings is 2. The second kappa shape index (κ2) is 8.72. The largest absolute Gasteiger partial charge is 0.495 e. The fraction of sp³-hybridized carbons (Fsp3) is 0.238. The summed E-state index contributed by atoms with van der Waals surface area (Å²) in [6.07, 6.45) is 1.43. The van der Waals surface area contributed by atoms with Crippen LogP contribution < -0.4 is 15.4 Å². The fourth-order valence-electron chi connectivity index (χ4n) is 2.54. The van der Waals surface area contributed by atoms with Gasteiger partial charge in [0.1, 0.15) is 17.4 Å². The third kappa shape index (κ3) is 4.64. The molecule has 0 saturated carbocycles. The van der Waals surface area contributed by atoms with E-state index in [2.05, 4.69) is 24.5 Å². The van der Waals surface area contributed by atoms with Gasteiger partial charge in [-0.2, -0.15) is 5.26 Å². The maximum atomic E-state index is 12.5. The van der Waals surface area contributed by atoms with Crippen molar-refractivity contribution in [2.45, 2.75) is 26.7 Å². The zero-order chi connectivity index (χ0) is 19.1. The summed E-state index contributed by atoms with van der Waals surface area (Å²) in [5, 5.41) is 15.2. The summed E-state index contributed by atoms with van der Waals surface area (Å²) in [7, 11) is 1.53. The first-order valence-electron chi connectivity index (χ1n) is 8.38. The molecule has 134 valence electrons. The number of para-hydroxylation sites is 1. The van der Waals surface area contributed by atoms with Gasteiger partial charge in [0.15, 0.2) is 0 Å². The van der Waals surface area contributed by atoms with Gasteiger partial charge in [0, 0.05) is 11.9 Å². The minimum atomic E-state index is -0.495. The number of amides is 1. The van der Waals surface area contributed by atoms with Gasteiger partial charge in [-0.1, -0.05) is 38.1 Å². The molecule has 5 nitrogen and oxygen atoms in total. The van der Waals surface area contributed by atoms with Crippen LogP contribution in [0.5, 0.6) is 5.75 Å². The molecule has 2 aromatic carbocycles. The van der Waals surface area contributed by atoms with Crippen LogP contribution in [0.25, 0.3) is 0 Å². The Kier molecular flexibility index (Phi) is 6.40. The smallest absolute Gasteiger partial charge is 0.267 e. The van der Waals surface area contributed by atoms with Crippen LogP contribution in [-0.2, 0) is 4.79 Å². The Bertz CT molecular complexity index is 864. The number of carbonyl (C=O) groups excluding carboxylic acids is 1. The van der Waals surface area contributed by atoms with Crippen LogP contribution in [0, 0.1) is 18.3 Å². The number of nitrogens with one attached hydrogen (secondary N) is 2. The summed E-state index contributed by atoms with van der Waals surface area (Å²) in [6, 6.07) is 15.2. The predicted octanol–water partition coefficient (Wildman–Crippen LogP) is 4.59. The van der Waals surface area contributed by atoms with Crippen LogP contribution in [0.2, 0.25) is 0 Å².